The fourth-order valence-corrected chi connectivity index (χ4v) is 3.88. The van der Waals surface area contributed by atoms with Gasteiger partial charge in [0.15, 0.2) is 11.6 Å². The summed E-state index contributed by atoms with van der Waals surface area (Å²) < 4.78 is 13.4. The lowest BCUT2D eigenvalue weighted by atomic mass is 10.2. The molecular weight excluding hydrogens is 498 g/mol. The van der Waals surface area contributed by atoms with Crippen LogP contribution in [0.4, 0.5) is 11.6 Å². The fourth-order valence-electron chi connectivity index (χ4n) is 3.88. The Bertz CT molecular complexity index is 1450. The van der Waals surface area contributed by atoms with Crippen molar-refractivity contribution in [1.82, 2.24) is 24.7 Å². The number of aryl methyl sites for hydroxylation is 1. The normalized spacial score (nSPS) is 12.7. The van der Waals surface area contributed by atoms with Crippen molar-refractivity contribution in [2.24, 2.45) is 13.0 Å². The number of hydrogen-bond donors (Lipinski definition) is 1. The van der Waals surface area contributed by atoms with Gasteiger partial charge in [-0.1, -0.05) is 0 Å². The molecule has 0 atom stereocenters. The van der Waals surface area contributed by atoms with Gasteiger partial charge in [0.2, 0.25) is 5.88 Å². The van der Waals surface area contributed by atoms with Crippen LogP contribution in [0.5, 0.6) is 17.4 Å². The molecule has 0 spiro atoms. The third-order valence-corrected chi connectivity index (χ3v) is 5.89. The lowest BCUT2D eigenvalue weighted by Crippen LogP contribution is -2.33. The molecule has 1 N–H and O–H groups in total. The summed E-state index contributed by atoms with van der Waals surface area (Å²) in [7, 11) is 1.77. The Labute approximate surface area is 225 Å². The Morgan fingerprint density at radius 1 is 1.05 bits per heavy atom. The van der Waals surface area contributed by atoms with E-state index in [1.807, 2.05) is 13.8 Å². The summed E-state index contributed by atoms with van der Waals surface area (Å²) in [5, 5.41) is 6.95. The van der Waals surface area contributed by atoms with Crippen LogP contribution >= 0.6 is 0 Å². The first-order valence-electron chi connectivity index (χ1n) is 12.7. The summed E-state index contributed by atoms with van der Waals surface area (Å²) >= 11 is 0. The summed E-state index contributed by atoms with van der Waals surface area (Å²) in [6, 6.07) is 9.97. The molecule has 0 radical (unpaired) electrons. The van der Waals surface area contributed by atoms with E-state index in [2.05, 4.69) is 25.4 Å². The molecule has 11 heteroatoms. The molecule has 0 unspecified atom stereocenters. The number of nitrogens with zero attached hydrogens (tertiary/aromatic N) is 6. The maximum atomic E-state index is 13.2. The summed E-state index contributed by atoms with van der Waals surface area (Å²) in [4.78, 5) is 40.6. The van der Waals surface area contributed by atoms with E-state index in [9.17, 15) is 9.59 Å². The van der Waals surface area contributed by atoms with Gasteiger partial charge in [0, 0.05) is 55.4 Å². The molecule has 0 saturated heterocycles. The Hall–Kier alpha value is -4.80. The largest absolute Gasteiger partial charge is 0.491 e. The average molecular weight is 528 g/mol. The lowest BCUT2D eigenvalue weighted by Gasteiger charge is -2.21. The molecule has 1 aliphatic carbocycles. The quantitative estimate of drug-likeness (QED) is 0.320. The Morgan fingerprint density at radius 3 is 2.46 bits per heavy atom. The number of amides is 2. The summed E-state index contributed by atoms with van der Waals surface area (Å²) in [6.45, 7) is 4.36. The highest BCUT2D eigenvalue weighted by Gasteiger charge is 2.29. The third-order valence-electron chi connectivity index (χ3n) is 5.89. The number of anilines is 2. The van der Waals surface area contributed by atoms with Gasteiger partial charge in [0.25, 0.3) is 11.8 Å². The Kier molecular flexibility index (Phi) is 7.48. The van der Waals surface area contributed by atoms with E-state index < -0.39 is 0 Å². The van der Waals surface area contributed by atoms with E-state index in [0.29, 0.717) is 46.7 Å². The molecule has 2 amide bonds. The number of hydrogen-bond acceptors (Lipinski definition) is 8. The van der Waals surface area contributed by atoms with E-state index >= 15 is 0 Å². The zero-order valence-corrected chi connectivity index (χ0v) is 21.9. The monoisotopic (exact) mass is 527 g/mol. The lowest BCUT2D eigenvalue weighted by molar-refractivity contribution is 0.0983. The molecule has 5 rings (SSSR count). The van der Waals surface area contributed by atoms with Crippen molar-refractivity contribution in [3.8, 4) is 17.4 Å². The molecule has 39 heavy (non-hydrogen) atoms. The van der Waals surface area contributed by atoms with Crippen LogP contribution in [-0.4, -0.2) is 49.2 Å². The van der Waals surface area contributed by atoms with Gasteiger partial charge >= 0.3 is 0 Å². The van der Waals surface area contributed by atoms with Crippen LogP contribution in [0.1, 0.15) is 47.4 Å². The molecule has 1 aliphatic rings. The second kappa shape index (κ2) is 11.3. The molecule has 0 bridgehead atoms. The molecule has 200 valence electrons. The van der Waals surface area contributed by atoms with Crippen LogP contribution < -0.4 is 19.7 Å². The van der Waals surface area contributed by atoms with Crippen molar-refractivity contribution >= 4 is 23.5 Å². The van der Waals surface area contributed by atoms with Crippen molar-refractivity contribution in [3.05, 3.63) is 78.5 Å². The number of carbonyl (C=O) groups is 2. The SMILES string of the molecule is CC(C)Oc1cc(Oc2cnc(N(CC3CC3)C(=O)c3ccncc3)cn2)cc(C(=O)Nc2ccn(C)n2)c1. The number of rotatable bonds is 10. The maximum absolute atomic E-state index is 13.2. The first kappa shape index (κ1) is 25.8. The predicted molar refractivity (Wildman–Crippen MR) is 144 cm³/mol. The third kappa shape index (κ3) is 6.75. The minimum Gasteiger partial charge on any atom is -0.491 e. The molecule has 0 aliphatic heterocycles. The average Bonchev–Trinajstić information content (AvgIpc) is 3.66. The topological polar surface area (TPSA) is 124 Å². The van der Waals surface area contributed by atoms with E-state index in [0.717, 1.165) is 12.8 Å². The first-order valence-corrected chi connectivity index (χ1v) is 12.7. The van der Waals surface area contributed by atoms with Crippen molar-refractivity contribution < 1.29 is 19.1 Å². The molecule has 1 saturated carbocycles. The van der Waals surface area contributed by atoms with Crippen LogP contribution in [0.15, 0.2) is 67.4 Å². The smallest absolute Gasteiger partial charge is 0.259 e. The first-order chi connectivity index (χ1) is 18.8. The molecule has 1 fully saturated rings. The van der Waals surface area contributed by atoms with E-state index in [1.54, 1.807) is 71.6 Å². The van der Waals surface area contributed by atoms with Gasteiger partial charge in [-0.3, -0.25) is 24.2 Å². The minimum atomic E-state index is -0.362. The maximum Gasteiger partial charge on any atom is 0.259 e. The fraction of sp³-hybridized carbons (Fsp3) is 0.286. The standard InChI is InChI=1S/C28H29N7O4/c1-18(2)38-22-12-21(27(36)32-24-8-11-34(3)33-24)13-23(14-22)39-26-16-30-25(15-31-26)35(17-19-4-5-19)28(37)20-6-9-29-10-7-20/h6-16,18-19H,4-5,17H2,1-3H3,(H,32,33,36). The van der Waals surface area contributed by atoms with Crippen LogP contribution in [0, 0.1) is 5.92 Å². The molecular formula is C28H29N7O4. The second-order valence-electron chi connectivity index (χ2n) is 9.60. The zero-order valence-electron chi connectivity index (χ0n) is 21.9. The molecule has 3 aromatic heterocycles. The van der Waals surface area contributed by atoms with Crippen LogP contribution in [0.25, 0.3) is 0 Å². The number of nitrogens with one attached hydrogen (secondary N) is 1. The molecule has 1 aromatic carbocycles. The highest BCUT2D eigenvalue weighted by molar-refractivity contribution is 6.05. The van der Waals surface area contributed by atoms with E-state index in [4.69, 9.17) is 9.47 Å². The Morgan fingerprint density at radius 2 is 1.82 bits per heavy atom. The van der Waals surface area contributed by atoms with Gasteiger partial charge in [0.1, 0.15) is 11.5 Å². The summed E-state index contributed by atoms with van der Waals surface area (Å²) in [5.41, 5.74) is 0.864. The molecule has 3 heterocycles. The van der Waals surface area contributed by atoms with Crippen molar-refractivity contribution in [2.75, 3.05) is 16.8 Å². The van der Waals surface area contributed by atoms with Gasteiger partial charge < -0.3 is 14.8 Å². The number of benzene rings is 1. The number of carbonyl (C=O) groups excluding carboxylic acids is 2. The van der Waals surface area contributed by atoms with Crippen LogP contribution in [0.2, 0.25) is 0 Å². The second-order valence-corrected chi connectivity index (χ2v) is 9.60. The van der Waals surface area contributed by atoms with E-state index in [-0.39, 0.29) is 23.8 Å². The van der Waals surface area contributed by atoms with Crippen molar-refractivity contribution in [1.29, 1.82) is 0 Å². The van der Waals surface area contributed by atoms with Gasteiger partial charge in [0.05, 0.1) is 18.5 Å². The van der Waals surface area contributed by atoms with Crippen LogP contribution in [-0.2, 0) is 7.05 Å². The van der Waals surface area contributed by atoms with Crippen molar-refractivity contribution in [3.63, 3.8) is 0 Å². The summed E-state index contributed by atoms with van der Waals surface area (Å²) in [5.74, 6) is 1.82. The van der Waals surface area contributed by atoms with Gasteiger partial charge in [-0.2, -0.15) is 5.10 Å². The Balaban J connectivity index is 1.36. The van der Waals surface area contributed by atoms with Gasteiger partial charge in [-0.25, -0.2) is 9.97 Å². The van der Waals surface area contributed by atoms with Gasteiger partial charge in [-0.05, 0) is 56.9 Å². The summed E-state index contributed by atoms with van der Waals surface area (Å²) in [6.07, 6.45) is 9.95. The van der Waals surface area contributed by atoms with Crippen molar-refractivity contribution in [2.45, 2.75) is 32.8 Å². The number of ether oxygens (including phenoxy) is 2. The molecule has 11 nitrogen and oxygen atoms in total. The zero-order chi connectivity index (χ0) is 27.4. The van der Waals surface area contributed by atoms with E-state index in [1.165, 1.54) is 12.4 Å². The molecule has 4 aromatic rings. The predicted octanol–water partition coefficient (Wildman–Crippen LogP) is 4.49. The number of pyridine rings is 1. The number of aromatic nitrogens is 5. The highest BCUT2D eigenvalue weighted by Crippen LogP contribution is 2.32. The van der Waals surface area contributed by atoms with Crippen LogP contribution in [0.3, 0.4) is 0 Å². The highest BCUT2D eigenvalue weighted by atomic mass is 16.5. The van der Waals surface area contributed by atoms with Gasteiger partial charge in [-0.15, -0.1) is 0 Å². The minimum absolute atomic E-state index is 0.110.